The van der Waals surface area contributed by atoms with Crippen molar-refractivity contribution < 1.29 is 4.79 Å². The molecule has 114 valence electrons. The fourth-order valence-electron chi connectivity index (χ4n) is 3.52. The van der Waals surface area contributed by atoms with Crippen LogP contribution >= 0.6 is 27.5 Å². The molecule has 3 atom stereocenters. The molecule has 5 heteroatoms. The summed E-state index contributed by atoms with van der Waals surface area (Å²) in [7, 11) is 0. The van der Waals surface area contributed by atoms with Gasteiger partial charge in [-0.05, 0) is 49.8 Å². The van der Waals surface area contributed by atoms with Crippen LogP contribution in [0.2, 0.25) is 5.02 Å². The van der Waals surface area contributed by atoms with Gasteiger partial charge >= 0.3 is 0 Å². The van der Waals surface area contributed by atoms with Gasteiger partial charge in [-0.1, -0.05) is 40.4 Å². The number of fused-ring (bicyclic) bond motifs is 1. The molecule has 0 radical (unpaired) electrons. The predicted molar refractivity (Wildman–Crippen MR) is 89.7 cm³/mol. The normalized spacial score (nSPS) is 28.8. The Hall–Kier alpha value is -0.580. The Morgan fingerprint density at radius 1 is 1.24 bits per heavy atom. The summed E-state index contributed by atoms with van der Waals surface area (Å²) in [6.07, 6.45) is 7.20. The van der Waals surface area contributed by atoms with Crippen LogP contribution in [0.1, 0.15) is 38.5 Å². The zero-order valence-electron chi connectivity index (χ0n) is 11.9. The Morgan fingerprint density at radius 2 is 2.05 bits per heavy atom. The molecule has 1 aromatic carbocycles. The van der Waals surface area contributed by atoms with Gasteiger partial charge in [0.15, 0.2) is 0 Å². The minimum atomic E-state index is -0.0978. The molecule has 3 unspecified atom stereocenters. The zero-order valence-corrected chi connectivity index (χ0v) is 14.2. The van der Waals surface area contributed by atoms with Crippen molar-refractivity contribution in [3.05, 3.63) is 27.7 Å². The lowest BCUT2D eigenvalue weighted by molar-refractivity contribution is -0.119. The highest BCUT2D eigenvalue weighted by atomic mass is 79.9. The lowest BCUT2D eigenvalue weighted by Gasteiger charge is -2.39. The van der Waals surface area contributed by atoms with Crippen molar-refractivity contribution in [2.24, 2.45) is 5.92 Å². The first-order valence-corrected chi connectivity index (χ1v) is 8.82. The summed E-state index contributed by atoms with van der Waals surface area (Å²) in [5.74, 6) is 0.788. The van der Waals surface area contributed by atoms with Crippen LogP contribution in [0.3, 0.4) is 0 Å². The lowest BCUT2D eigenvalue weighted by atomic mass is 9.77. The molecule has 1 aliphatic carbocycles. The number of amides is 1. The van der Waals surface area contributed by atoms with Crippen LogP contribution in [0.15, 0.2) is 22.7 Å². The molecule has 2 N–H and O–H groups in total. The number of carbonyl (C=O) groups excluding carboxylic acids is 1. The van der Waals surface area contributed by atoms with E-state index in [-0.39, 0.29) is 11.9 Å². The standard InChI is InChI=1S/C16H20BrClN2O/c17-11-6-7-12(18)15(9-11)20-16(21)14-8-5-10-3-1-2-4-13(10)19-14/h6-7,9-10,13-14,19H,1-5,8H2,(H,20,21). The summed E-state index contributed by atoms with van der Waals surface area (Å²) in [4.78, 5) is 12.5. The van der Waals surface area contributed by atoms with Crippen molar-refractivity contribution in [3.63, 3.8) is 0 Å². The largest absolute Gasteiger partial charge is 0.323 e. The van der Waals surface area contributed by atoms with Gasteiger partial charge in [0, 0.05) is 10.5 Å². The van der Waals surface area contributed by atoms with Gasteiger partial charge in [-0.2, -0.15) is 0 Å². The van der Waals surface area contributed by atoms with E-state index in [9.17, 15) is 4.79 Å². The number of piperidine rings is 1. The van der Waals surface area contributed by atoms with Crippen LogP contribution in [-0.4, -0.2) is 18.0 Å². The number of hydrogen-bond donors (Lipinski definition) is 2. The first-order valence-electron chi connectivity index (χ1n) is 7.65. The fourth-order valence-corrected chi connectivity index (χ4v) is 4.04. The van der Waals surface area contributed by atoms with Crippen molar-refractivity contribution in [2.45, 2.75) is 50.6 Å². The van der Waals surface area contributed by atoms with Gasteiger partial charge in [-0.3, -0.25) is 4.79 Å². The van der Waals surface area contributed by atoms with Crippen molar-refractivity contribution in [1.29, 1.82) is 0 Å². The maximum Gasteiger partial charge on any atom is 0.241 e. The van der Waals surface area contributed by atoms with Crippen LogP contribution in [0.25, 0.3) is 0 Å². The monoisotopic (exact) mass is 370 g/mol. The lowest BCUT2D eigenvalue weighted by Crippen LogP contribution is -2.53. The van der Waals surface area contributed by atoms with Crippen LogP contribution < -0.4 is 10.6 Å². The molecule has 0 spiro atoms. The van der Waals surface area contributed by atoms with Gasteiger partial charge in [0.25, 0.3) is 0 Å². The van der Waals surface area contributed by atoms with E-state index in [0.29, 0.717) is 16.8 Å². The van der Waals surface area contributed by atoms with Crippen molar-refractivity contribution >= 4 is 39.1 Å². The third-order valence-corrected chi connectivity index (χ3v) is 5.48. The minimum absolute atomic E-state index is 0.0269. The number of halogens is 2. The molecule has 3 rings (SSSR count). The van der Waals surface area contributed by atoms with Gasteiger partial charge < -0.3 is 10.6 Å². The number of carbonyl (C=O) groups is 1. The highest BCUT2D eigenvalue weighted by Gasteiger charge is 2.34. The topological polar surface area (TPSA) is 41.1 Å². The maximum atomic E-state index is 12.5. The Labute approximate surface area is 139 Å². The number of anilines is 1. The smallest absolute Gasteiger partial charge is 0.241 e. The van der Waals surface area contributed by atoms with Crippen LogP contribution in [0.4, 0.5) is 5.69 Å². The SMILES string of the molecule is O=C(Nc1cc(Br)ccc1Cl)C1CCC2CCCCC2N1. The molecule has 1 aromatic rings. The summed E-state index contributed by atoms with van der Waals surface area (Å²) in [6, 6.07) is 5.91. The highest BCUT2D eigenvalue weighted by Crippen LogP contribution is 2.33. The zero-order chi connectivity index (χ0) is 14.8. The second-order valence-electron chi connectivity index (χ2n) is 6.06. The van der Waals surface area contributed by atoms with Crippen LogP contribution in [0, 0.1) is 5.92 Å². The molecule has 1 heterocycles. The maximum absolute atomic E-state index is 12.5. The third-order valence-electron chi connectivity index (χ3n) is 4.65. The second-order valence-corrected chi connectivity index (χ2v) is 7.38. The average Bonchev–Trinajstić information content (AvgIpc) is 2.50. The van der Waals surface area contributed by atoms with Crippen LogP contribution in [-0.2, 0) is 4.79 Å². The van der Waals surface area contributed by atoms with Crippen molar-refractivity contribution in [3.8, 4) is 0 Å². The predicted octanol–water partition coefficient (Wildman–Crippen LogP) is 4.35. The Bertz CT molecular complexity index is 537. The Balaban J connectivity index is 1.64. The summed E-state index contributed by atoms with van der Waals surface area (Å²) in [5.41, 5.74) is 0.670. The van der Waals surface area contributed by atoms with Crippen molar-refractivity contribution in [2.75, 3.05) is 5.32 Å². The van der Waals surface area contributed by atoms with Gasteiger partial charge in [-0.15, -0.1) is 0 Å². The highest BCUT2D eigenvalue weighted by molar-refractivity contribution is 9.10. The van der Waals surface area contributed by atoms with E-state index in [1.807, 2.05) is 12.1 Å². The molecule has 2 aliphatic rings. The Morgan fingerprint density at radius 3 is 2.90 bits per heavy atom. The van der Waals surface area contributed by atoms with E-state index >= 15 is 0 Å². The molecule has 1 saturated carbocycles. The number of hydrogen-bond acceptors (Lipinski definition) is 2. The number of rotatable bonds is 2. The van der Waals surface area contributed by atoms with E-state index in [1.54, 1.807) is 6.07 Å². The molecular formula is C16H20BrClN2O. The molecular weight excluding hydrogens is 352 g/mol. The first-order chi connectivity index (χ1) is 10.1. The molecule has 0 bridgehead atoms. The Kier molecular flexibility index (Phi) is 4.87. The minimum Gasteiger partial charge on any atom is -0.323 e. The summed E-state index contributed by atoms with van der Waals surface area (Å²) in [6.45, 7) is 0. The molecule has 1 saturated heterocycles. The van der Waals surface area contributed by atoms with E-state index in [0.717, 1.165) is 23.2 Å². The molecule has 1 aliphatic heterocycles. The van der Waals surface area contributed by atoms with Gasteiger partial charge in [0.1, 0.15) is 0 Å². The third kappa shape index (κ3) is 3.61. The van der Waals surface area contributed by atoms with Gasteiger partial charge in [-0.25, -0.2) is 0 Å². The molecule has 2 fully saturated rings. The number of nitrogens with one attached hydrogen (secondary N) is 2. The summed E-state index contributed by atoms with van der Waals surface area (Å²) in [5, 5.41) is 7.06. The van der Waals surface area contributed by atoms with Crippen molar-refractivity contribution in [1.82, 2.24) is 5.32 Å². The van der Waals surface area contributed by atoms with E-state index in [1.165, 1.54) is 25.7 Å². The second kappa shape index (κ2) is 6.67. The van der Waals surface area contributed by atoms with Crippen LogP contribution in [0.5, 0.6) is 0 Å². The van der Waals surface area contributed by atoms with E-state index in [4.69, 9.17) is 11.6 Å². The van der Waals surface area contributed by atoms with Gasteiger partial charge in [0.2, 0.25) is 5.91 Å². The van der Waals surface area contributed by atoms with Gasteiger partial charge in [0.05, 0.1) is 16.8 Å². The molecule has 3 nitrogen and oxygen atoms in total. The van der Waals surface area contributed by atoms with E-state index < -0.39 is 0 Å². The summed E-state index contributed by atoms with van der Waals surface area (Å²) >= 11 is 9.54. The number of benzene rings is 1. The quantitative estimate of drug-likeness (QED) is 0.811. The molecule has 21 heavy (non-hydrogen) atoms. The first kappa shape index (κ1) is 15.3. The van der Waals surface area contributed by atoms with E-state index in [2.05, 4.69) is 26.6 Å². The molecule has 1 amide bonds. The summed E-state index contributed by atoms with van der Waals surface area (Å²) < 4.78 is 0.908. The average molecular weight is 372 g/mol. The molecule has 0 aromatic heterocycles. The fraction of sp³-hybridized carbons (Fsp3) is 0.562.